The number of ether oxygens (including phenoxy) is 3. The van der Waals surface area contributed by atoms with E-state index in [1.54, 1.807) is 14.2 Å². The molecule has 0 unspecified atom stereocenters. The number of nitrogens with one attached hydrogen (secondary N) is 1. The third-order valence-electron chi connectivity index (χ3n) is 5.65. The first kappa shape index (κ1) is 21.0. The van der Waals surface area contributed by atoms with Crippen LogP contribution in [-0.2, 0) is 16.7 Å². The van der Waals surface area contributed by atoms with Gasteiger partial charge in [0.2, 0.25) is 0 Å². The van der Waals surface area contributed by atoms with Crippen LogP contribution in [-0.4, -0.2) is 39.9 Å². The van der Waals surface area contributed by atoms with Gasteiger partial charge in [0.05, 0.1) is 20.8 Å². The minimum absolute atomic E-state index is 0.00701. The molecule has 1 fully saturated rings. The average molecular weight is 398 g/mol. The highest BCUT2D eigenvalue weighted by atomic mass is 16.5. The van der Waals surface area contributed by atoms with Crippen molar-refractivity contribution < 1.29 is 14.2 Å². The minimum atomic E-state index is 0.00701. The molecule has 29 heavy (non-hydrogen) atoms. The fraction of sp³-hybridized carbons (Fsp3) is 0.435. The van der Waals surface area contributed by atoms with Crippen LogP contribution in [0.5, 0.6) is 11.5 Å². The van der Waals surface area contributed by atoms with Crippen molar-refractivity contribution in [2.24, 2.45) is 10.7 Å². The van der Waals surface area contributed by atoms with Crippen molar-refractivity contribution in [1.29, 1.82) is 0 Å². The molecule has 0 atom stereocenters. The van der Waals surface area contributed by atoms with Gasteiger partial charge in [-0.2, -0.15) is 0 Å². The molecule has 156 valence electrons. The molecule has 6 nitrogen and oxygen atoms in total. The van der Waals surface area contributed by atoms with Crippen LogP contribution in [0.25, 0.3) is 0 Å². The lowest BCUT2D eigenvalue weighted by Gasteiger charge is -2.39. The summed E-state index contributed by atoms with van der Waals surface area (Å²) < 4.78 is 16.3. The van der Waals surface area contributed by atoms with E-state index in [4.69, 9.17) is 19.9 Å². The van der Waals surface area contributed by atoms with Gasteiger partial charge in [-0.1, -0.05) is 30.3 Å². The van der Waals surface area contributed by atoms with Crippen LogP contribution in [0.2, 0.25) is 0 Å². The molecule has 6 heteroatoms. The maximum atomic E-state index is 6.19. The number of rotatable bonds is 7. The summed E-state index contributed by atoms with van der Waals surface area (Å²) >= 11 is 0. The van der Waals surface area contributed by atoms with Gasteiger partial charge in [0, 0.05) is 25.2 Å². The Bertz CT molecular complexity index is 845. The molecule has 1 aliphatic heterocycles. The largest absolute Gasteiger partial charge is 0.493 e. The third kappa shape index (κ3) is 5.01. The van der Waals surface area contributed by atoms with Gasteiger partial charge < -0.3 is 25.3 Å². The van der Waals surface area contributed by atoms with Gasteiger partial charge >= 0.3 is 0 Å². The average Bonchev–Trinajstić information content (AvgIpc) is 2.77. The van der Waals surface area contributed by atoms with Crippen molar-refractivity contribution >= 4 is 5.96 Å². The maximum absolute atomic E-state index is 6.19. The summed E-state index contributed by atoms with van der Waals surface area (Å²) in [5.74, 6) is 1.83. The molecule has 1 aliphatic rings. The first-order valence-electron chi connectivity index (χ1n) is 9.96. The van der Waals surface area contributed by atoms with Crippen molar-refractivity contribution in [2.45, 2.75) is 31.7 Å². The number of hydrogen-bond donors (Lipinski definition) is 2. The van der Waals surface area contributed by atoms with Gasteiger partial charge in [-0.3, -0.25) is 0 Å². The van der Waals surface area contributed by atoms with E-state index >= 15 is 0 Å². The second-order valence-corrected chi connectivity index (χ2v) is 7.45. The van der Waals surface area contributed by atoms with Crippen molar-refractivity contribution in [3.63, 3.8) is 0 Å². The van der Waals surface area contributed by atoms with Gasteiger partial charge in [-0.25, -0.2) is 4.99 Å². The Balaban J connectivity index is 1.69. The summed E-state index contributed by atoms with van der Waals surface area (Å²) in [4.78, 5) is 4.51. The van der Waals surface area contributed by atoms with Gasteiger partial charge in [0.1, 0.15) is 0 Å². The van der Waals surface area contributed by atoms with Crippen LogP contribution in [0.15, 0.2) is 47.5 Å². The Morgan fingerprint density at radius 3 is 2.52 bits per heavy atom. The van der Waals surface area contributed by atoms with E-state index in [1.165, 1.54) is 11.1 Å². The number of aliphatic imine (C=N–C) groups is 1. The van der Waals surface area contributed by atoms with E-state index in [0.29, 0.717) is 24.0 Å². The molecule has 0 aromatic heterocycles. The summed E-state index contributed by atoms with van der Waals surface area (Å²) in [7, 11) is 3.25. The minimum Gasteiger partial charge on any atom is -0.493 e. The van der Waals surface area contributed by atoms with Crippen LogP contribution in [0.4, 0.5) is 0 Å². The molecular formula is C23H31N3O3. The summed E-state index contributed by atoms with van der Waals surface area (Å²) in [5, 5.41) is 3.36. The Morgan fingerprint density at radius 2 is 1.83 bits per heavy atom. The normalized spacial score (nSPS) is 16.3. The number of methoxy groups -OCH3 is 2. The van der Waals surface area contributed by atoms with Crippen molar-refractivity contribution in [2.75, 3.05) is 34.0 Å². The molecule has 0 radical (unpaired) electrons. The highest BCUT2D eigenvalue weighted by Gasteiger charge is 2.35. The number of nitrogens with two attached hydrogens (primary N) is 1. The van der Waals surface area contributed by atoms with Crippen molar-refractivity contribution in [1.82, 2.24) is 5.32 Å². The number of aryl methyl sites for hydroxylation is 1. The smallest absolute Gasteiger partial charge is 0.188 e. The van der Waals surface area contributed by atoms with Crippen LogP contribution < -0.4 is 20.5 Å². The van der Waals surface area contributed by atoms with E-state index < -0.39 is 0 Å². The van der Waals surface area contributed by atoms with Crippen LogP contribution >= 0.6 is 0 Å². The van der Waals surface area contributed by atoms with Gasteiger partial charge in [0.15, 0.2) is 17.5 Å². The van der Waals surface area contributed by atoms with E-state index in [9.17, 15) is 0 Å². The number of hydrogen-bond acceptors (Lipinski definition) is 4. The second kappa shape index (κ2) is 9.65. The summed E-state index contributed by atoms with van der Waals surface area (Å²) in [6.45, 7) is 4.90. The third-order valence-corrected chi connectivity index (χ3v) is 5.65. The lowest BCUT2D eigenvalue weighted by Crippen LogP contribution is -2.47. The summed E-state index contributed by atoms with van der Waals surface area (Å²) in [5.41, 5.74) is 9.87. The SMILES string of the molecule is COc1ccc(CN=C(N)NCC2(c3ccccc3C)CCOCC2)cc1OC. The Labute approximate surface area is 173 Å². The molecule has 1 heterocycles. The first-order valence-corrected chi connectivity index (χ1v) is 9.96. The Morgan fingerprint density at radius 1 is 1.10 bits per heavy atom. The van der Waals surface area contributed by atoms with Gasteiger partial charge in [-0.05, 0) is 48.6 Å². The number of nitrogens with zero attached hydrogens (tertiary/aromatic N) is 1. The van der Waals surface area contributed by atoms with Gasteiger partial charge in [-0.15, -0.1) is 0 Å². The Kier molecular flexibility index (Phi) is 6.99. The molecule has 2 aromatic rings. The zero-order valence-electron chi connectivity index (χ0n) is 17.5. The molecule has 3 rings (SSSR count). The second-order valence-electron chi connectivity index (χ2n) is 7.45. The molecule has 2 aromatic carbocycles. The van der Waals surface area contributed by atoms with E-state index in [0.717, 1.165) is 38.2 Å². The quantitative estimate of drug-likeness (QED) is 0.554. The van der Waals surface area contributed by atoms with Crippen LogP contribution in [0.1, 0.15) is 29.5 Å². The zero-order chi connectivity index (χ0) is 20.7. The standard InChI is InChI=1S/C23H31N3O3/c1-17-6-4-5-7-19(17)23(10-12-29-13-11-23)16-26-22(24)25-15-18-8-9-20(27-2)21(14-18)28-3/h4-9,14H,10-13,15-16H2,1-3H3,(H3,24,25,26). The number of guanidine groups is 1. The van der Waals surface area contributed by atoms with Crippen molar-refractivity contribution in [3.8, 4) is 11.5 Å². The fourth-order valence-corrected chi connectivity index (χ4v) is 3.94. The molecule has 0 spiro atoms. The predicted molar refractivity (Wildman–Crippen MR) is 116 cm³/mol. The highest BCUT2D eigenvalue weighted by molar-refractivity contribution is 5.78. The van der Waals surface area contributed by atoms with E-state index in [-0.39, 0.29) is 5.41 Å². The molecule has 0 bridgehead atoms. The maximum Gasteiger partial charge on any atom is 0.188 e. The number of benzene rings is 2. The Hall–Kier alpha value is -2.73. The molecule has 0 aliphatic carbocycles. The molecular weight excluding hydrogens is 366 g/mol. The fourth-order valence-electron chi connectivity index (χ4n) is 3.94. The molecule has 0 amide bonds. The van der Waals surface area contributed by atoms with E-state index in [1.807, 2.05) is 18.2 Å². The lowest BCUT2D eigenvalue weighted by molar-refractivity contribution is 0.0512. The monoisotopic (exact) mass is 397 g/mol. The van der Waals surface area contributed by atoms with Gasteiger partial charge in [0.25, 0.3) is 0 Å². The molecule has 3 N–H and O–H groups in total. The molecule has 0 saturated carbocycles. The topological polar surface area (TPSA) is 78.1 Å². The highest BCUT2D eigenvalue weighted by Crippen LogP contribution is 2.36. The summed E-state index contributed by atoms with van der Waals surface area (Å²) in [6.07, 6.45) is 1.93. The zero-order valence-corrected chi connectivity index (χ0v) is 17.5. The van der Waals surface area contributed by atoms with Crippen LogP contribution in [0, 0.1) is 6.92 Å². The molecule has 1 saturated heterocycles. The van der Waals surface area contributed by atoms with Crippen molar-refractivity contribution in [3.05, 3.63) is 59.2 Å². The summed E-state index contributed by atoms with van der Waals surface area (Å²) in [6, 6.07) is 14.3. The van der Waals surface area contributed by atoms with E-state index in [2.05, 4.69) is 41.5 Å². The predicted octanol–water partition coefficient (Wildman–Crippen LogP) is 3.16. The van der Waals surface area contributed by atoms with Crippen LogP contribution in [0.3, 0.4) is 0 Å². The first-order chi connectivity index (χ1) is 14.1. The lowest BCUT2D eigenvalue weighted by atomic mass is 9.72.